The molecule has 1 N–H and O–H groups in total. The summed E-state index contributed by atoms with van der Waals surface area (Å²) in [4.78, 5) is 36.6. The largest absolute Gasteiger partial charge is 0.465 e. The van der Waals surface area contributed by atoms with Crippen molar-refractivity contribution in [3.8, 4) is 0 Å². The number of benzene rings is 1. The lowest BCUT2D eigenvalue weighted by Gasteiger charge is -2.19. The van der Waals surface area contributed by atoms with Gasteiger partial charge in [0.15, 0.2) is 0 Å². The van der Waals surface area contributed by atoms with Crippen LogP contribution in [0.4, 0.5) is 0 Å². The number of hydrogen-bond acceptors (Lipinski definition) is 4. The van der Waals surface area contributed by atoms with Crippen molar-refractivity contribution in [1.29, 1.82) is 0 Å². The molecule has 6 nitrogen and oxygen atoms in total. The second kappa shape index (κ2) is 9.04. The fourth-order valence-corrected chi connectivity index (χ4v) is 1.93. The maximum Gasteiger partial charge on any atom is 0.325 e. The van der Waals surface area contributed by atoms with Crippen LogP contribution in [0.25, 0.3) is 0 Å². The number of hydrogen-bond donors (Lipinski definition) is 1. The van der Waals surface area contributed by atoms with Crippen molar-refractivity contribution in [2.75, 3.05) is 26.2 Å². The smallest absolute Gasteiger partial charge is 0.325 e. The number of carbonyl (C=O) groups excluding carboxylic acids is 3. The second-order valence-corrected chi connectivity index (χ2v) is 4.84. The van der Waals surface area contributed by atoms with Crippen molar-refractivity contribution in [3.05, 3.63) is 34.9 Å². The van der Waals surface area contributed by atoms with E-state index in [0.717, 1.165) is 0 Å². The first kappa shape index (κ1) is 18.0. The van der Waals surface area contributed by atoms with Crippen LogP contribution in [-0.2, 0) is 14.3 Å². The molecule has 0 fully saturated rings. The number of esters is 1. The van der Waals surface area contributed by atoms with Gasteiger partial charge in [0.25, 0.3) is 5.91 Å². The van der Waals surface area contributed by atoms with Crippen molar-refractivity contribution in [1.82, 2.24) is 10.2 Å². The van der Waals surface area contributed by atoms with Gasteiger partial charge in [0, 0.05) is 17.1 Å². The highest BCUT2D eigenvalue weighted by molar-refractivity contribution is 6.30. The summed E-state index contributed by atoms with van der Waals surface area (Å²) in [5.74, 6) is -1.23. The minimum absolute atomic E-state index is 0.129. The van der Waals surface area contributed by atoms with Crippen LogP contribution >= 0.6 is 11.6 Å². The maximum absolute atomic E-state index is 12.0. The van der Waals surface area contributed by atoms with Gasteiger partial charge >= 0.3 is 5.97 Å². The minimum Gasteiger partial charge on any atom is -0.465 e. The van der Waals surface area contributed by atoms with E-state index in [1.54, 1.807) is 32.0 Å². The third-order valence-corrected chi connectivity index (χ3v) is 3.08. The van der Waals surface area contributed by atoms with Gasteiger partial charge in [-0.3, -0.25) is 14.4 Å². The number of amides is 2. The van der Waals surface area contributed by atoms with Gasteiger partial charge in [-0.25, -0.2) is 0 Å². The van der Waals surface area contributed by atoms with Crippen LogP contribution in [0.2, 0.25) is 5.02 Å². The normalized spacial score (nSPS) is 9.95. The standard InChI is InChI=1S/C15H19ClN2O4/c1-3-18(10-14(20)22-4-2)13(19)9-17-15(21)11-6-5-7-12(16)8-11/h5-8H,3-4,9-10H2,1-2H3,(H,17,21). The highest BCUT2D eigenvalue weighted by Crippen LogP contribution is 2.10. The molecule has 1 aromatic rings. The molecule has 0 aromatic heterocycles. The van der Waals surface area contributed by atoms with Crippen molar-refractivity contribution in [2.24, 2.45) is 0 Å². The van der Waals surface area contributed by atoms with Crippen LogP contribution in [0.1, 0.15) is 24.2 Å². The molecule has 2 amide bonds. The van der Waals surface area contributed by atoms with Crippen LogP contribution in [-0.4, -0.2) is 48.9 Å². The predicted octanol–water partition coefficient (Wildman–Crippen LogP) is 1.48. The molecule has 0 unspecified atom stereocenters. The Bertz CT molecular complexity index is 548. The Kier molecular flexibility index (Phi) is 7.39. The summed E-state index contributed by atoms with van der Waals surface area (Å²) in [6, 6.07) is 6.42. The lowest BCUT2D eigenvalue weighted by molar-refractivity contribution is -0.148. The molecule has 0 heterocycles. The monoisotopic (exact) mass is 326 g/mol. The third kappa shape index (κ3) is 5.73. The summed E-state index contributed by atoms with van der Waals surface area (Å²) in [6.45, 7) is 3.73. The number of nitrogens with one attached hydrogen (secondary N) is 1. The molecule has 7 heteroatoms. The van der Waals surface area contributed by atoms with E-state index in [2.05, 4.69) is 5.32 Å². The number of ether oxygens (including phenoxy) is 1. The summed E-state index contributed by atoms with van der Waals surface area (Å²) in [5, 5.41) is 2.95. The SMILES string of the molecule is CCOC(=O)CN(CC)C(=O)CNC(=O)c1cccc(Cl)c1. The molecule has 0 saturated heterocycles. The first-order chi connectivity index (χ1) is 10.5. The van der Waals surface area contributed by atoms with E-state index in [-0.39, 0.29) is 25.6 Å². The Labute approximate surface area is 134 Å². The van der Waals surface area contributed by atoms with Crippen molar-refractivity contribution in [3.63, 3.8) is 0 Å². The first-order valence-corrected chi connectivity index (χ1v) is 7.32. The molecule has 1 aromatic carbocycles. The number of likely N-dealkylation sites (N-methyl/N-ethyl adjacent to an activating group) is 1. The molecular weight excluding hydrogens is 308 g/mol. The fraction of sp³-hybridized carbons (Fsp3) is 0.400. The summed E-state index contributed by atoms with van der Waals surface area (Å²) in [6.07, 6.45) is 0. The Morgan fingerprint density at radius 2 is 2.00 bits per heavy atom. The van der Waals surface area contributed by atoms with E-state index < -0.39 is 11.9 Å². The van der Waals surface area contributed by atoms with Gasteiger partial charge in [0.05, 0.1) is 13.2 Å². The average molecular weight is 327 g/mol. The van der Waals surface area contributed by atoms with Gasteiger partial charge in [-0.2, -0.15) is 0 Å². The molecular formula is C15H19ClN2O4. The van der Waals surface area contributed by atoms with Crippen molar-refractivity contribution >= 4 is 29.4 Å². The van der Waals surface area contributed by atoms with Gasteiger partial charge < -0.3 is 15.0 Å². The number of nitrogens with zero attached hydrogens (tertiary/aromatic N) is 1. The van der Waals surface area contributed by atoms with E-state index in [1.807, 2.05) is 0 Å². The third-order valence-electron chi connectivity index (χ3n) is 2.85. The Hall–Kier alpha value is -2.08. The van der Waals surface area contributed by atoms with E-state index in [9.17, 15) is 14.4 Å². The molecule has 0 aliphatic carbocycles. The highest BCUT2D eigenvalue weighted by Gasteiger charge is 2.17. The zero-order chi connectivity index (χ0) is 16.5. The topological polar surface area (TPSA) is 75.7 Å². The quantitative estimate of drug-likeness (QED) is 0.770. The van der Waals surface area contributed by atoms with Gasteiger partial charge in [-0.05, 0) is 32.0 Å². The van der Waals surface area contributed by atoms with Crippen molar-refractivity contribution < 1.29 is 19.1 Å². The second-order valence-electron chi connectivity index (χ2n) is 4.41. The molecule has 120 valence electrons. The van der Waals surface area contributed by atoms with Gasteiger partial charge in [-0.15, -0.1) is 0 Å². The number of rotatable bonds is 7. The lowest BCUT2D eigenvalue weighted by atomic mass is 10.2. The summed E-state index contributed by atoms with van der Waals surface area (Å²) >= 11 is 5.80. The van der Waals surface area contributed by atoms with E-state index in [4.69, 9.17) is 16.3 Å². The van der Waals surface area contributed by atoms with Gasteiger partial charge in [-0.1, -0.05) is 17.7 Å². The molecule has 0 bridgehead atoms. The average Bonchev–Trinajstić information content (AvgIpc) is 2.50. The number of halogens is 1. The molecule has 0 atom stereocenters. The molecule has 22 heavy (non-hydrogen) atoms. The van der Waals surface area contributed by atoms with Crippen LogP contribution in [0.3, 0.4) is 0 Å². The van der Waals surface area contributed by atoms with Crippen LogP contribution in [0, 0.1) is 0 Å². The molecule has 0 radical (unpaired) electrons. The molecule has 0 aliphatic heterocycles. The summed E-state index contributed by atoms with van der Waals surface area (Å²) in [7, 11) is 0. The van der Waals surface area contributed by atoms with Crippen LogP contribution in [0.15, 0.2) is 24.3 Å². The van der Waals surface area contributed by atoms with E-state index in [0.29, 0.717) is 17.1 Å². The lowest BCUT2D eigenvalue weighted by Crippen LogP contribution is -2.42. The minimum atomic E-state index is -0.473. The van der Waals surface area contributed by atoms with Crippen LogP contribution in [0.5, 0.6) is 0 Å². The Balaban J connectivity index is 2.53. The molecule has 0 saturated carbocycles. The van der Waals surface area contributed by atoms with E-state index in [1.165, 1.54) is 11.0 Å². The molecule has 1 rings (SSSR count). The van der Waals surface area contributed by atoms with E-state index >= 15 is 0 Å². The van der Waals surface area contributed by atoms with Crippen LogP contribution < -0.4 is 5.32 Å². The summed E-state index contributed by atoms with van der Waals surface area (Å²) in [5.41, 5.74) is 0.369. The zero-order valence-corrected chi connectivity index (χ0v) is 13.4. The molecule has 0 aliphatic rings. The maximum atomic E-state index is 12.0. The predicted molar refractivity (Wildman–Crippen MR) is 82.7 cm³/mol. The van der Waals surface area contributed by atoms with Gasteiger partial charge in [0.1, 0.15) is 6.54 Å². The van der Waals surface area contributed by atoms with Gasteiger partial charge in [0.2, 0.25) is 5.91 Å². The number of carbonyl (C=O) groups is 3. The highest BCUT2D eigenvalue weighted by atomic mass is 35.5. The molecule has 0 spiro atoms. The summed E-state index contributed by atoms with van der Waals surface area (Å²) < 4.78 is 4.80. The Morgan fingerprint density at radius 1 is 1.27 bits per heavy atom. The first-order valence-electron chi connectivity index (χ1n) is 6.95. The fourth-order valence-electron chi connectivity index (χ4n) is 1.74. The van der Waals surface area contributed by atoms with Crippen molar-refractivity contribution in [2.45, 2.75) is 13.8 Å². The Morgan fingerprint density at radius 3 is 2.59 bits per heavy atom. The zero-order valence-electron chi connectivity index (χ0n) is 12.6.